The zero-order valence-corrected chi connectivity index (χ0v) is 10.7. The van der Waals surface area contributed by atoms with Crippen molar-refractivity contribution in [3.05, 3.63) is 28.8 Å². The SMILES string of the molecule is CC1(NC(=O)c2cc(N)ccc2Cl)CCCC1. The van der Waals surface area contributed by atoms with Crippen molar-refractivity contribution >= 4 is 23.2 Å². The molecule has 1 aromatic rings. The summed E-state index contributed by atoms with van der Waals surface area (Å²) in [7, 11) is 0. The molecule has 0 bridgehead atoms. The first-order valence-electron chi connectivity index (χ1n) is 5.88. The topological polar surface area (TPSA) is 55.1 Å². The number of nitrogens with two attached hydrogens (primary N) is 1. The molecule has 1 amide bonds. The van der Waals surface area contributed by atoms with Crippen LogP contribution >= 0.6 is 11.6 Å². The Kier molecular flexibility index (Phi) is 3.29. The molecule has 17 heavy (non-hydrogen) atoms. The Morgan fingerprint density at radius 1 is 1.41 bits per heavy atom. The number of carbonyl (C=O) groups is 1. The summed E-state index contributed by atoms with van der Waals surface area (Å²) >= 11 is 6.01. The van der Waals surface area contributed by atoms with Gasteiger partial charge in [0.1, 0.15) is 0 Å². The van der Waals surface area contributed by atoms with E-state index in [-0.39, 0.29) is 11.4 Å². The van der Waals surface area contributed by atoms with Gasteiger partial charge in [0.15, 0.2) is 0 Å². The number of nitrogens with one attached hydrogen (secondary N) is 1. The normalized spacial score (nSPS) is 18.0. The third-order valence-electron chi connectivity index (χ3n) is 3.36. The van der Waals surface area contributed by atoms with Crippen molar-refractivity contribution in [2.24, 2.45) is 0 Å². The minimum absolute atomic E-state index is 0.0922. The van der Waals surface area contributed by atoms with E-state index in [0.29, 0.717) is 16.3 Å². The van der Waals surface area contributed by atoms with Crippen LogP contribution in [0.4, 0.5) is 5.69 Å². The van der Waals surface area contributed by atoms with E-state index >= 15 is 0 Å². The average Bonchev–Trinajstić information content (AvgIpc) is 2.68. The summed E-state index contributed by atoms with van der Waals surface area (Å²) in [6.07, 6.45) is 4.39. The van der Waals surface area contributed by atoms with Gasteiger partial charge in [-0.2, -0.15) is 0 Å². The van der Waals surface area contributed by atoms with E-state index in [1.54, 1.807) is 18.2 Å². The Labute approximate surface area is 106 Å². The van der Waals surface area contributed by atoms with E-state index in [9.17, 15) is 4.79 Å². The maximum Gasteiger partial charge on any atom is 0.253 e. The molecule has 92 valence electrons. The molecule has 0 heterocycles. The van der Waals surface area contributed by atoms with Gasteiger partial charge in [-0.15, -0.1) is 0 Å². The van der Waals surface area contributed by atoms with Gasteiger partial charge in [0.2, 0.25) is 0 Å². The van der Waals surface area contributed by atoms with Gasteiger partial charge < -0.3 is 11.1 Å². The molecule has 0 aliphatic heterocycles. The number of benzene rings is 1. The highest BCUT2D eigenvalue weighted by Gasteiger charge is 2.30. The summed E-state index contributed by atoms with van der Waals surface area (Å²) in [6.45, 7) is 2.08. The van der Waals surface area contributed by atoms with Gasteiger partial charge in [-0.3, -0.25) is 4.79 Å². The zero-order valence-electron chi connectivity index (χ0n) is 9.92. The number of hydrogen-bond acceptors (Lipinski definition) is 2. The summed E-state index contributed by atoms with van der Waals surface area (Å²) in [5.41, 5.74) is 6.59. The molecule has 3 nitrogen and oxygen atoms in total. The van der Waals surface area contributed by atoms with Gasteiger partial charge in [-0.1, -0.05) is 24.4 Å². The van der Waals surface area contributed by atoms with Gasteiger partial charge in [0, 0.05) is 11.2 Å². The molecule has 1 aromatic carbocycles. The molecule has 1 aliphatic rings. The molecule has 3 N–H and O–H groups in total. The lowest BCUT2D eigenvalue weighted by Gasteiger charge is -2.25. The van der Waals surface area contributed by atoms with Crippen molar-refractivity contribution in [1.82, 2.24) is 5.32 Å². The van der Waals surface area contributed by atoms with Crippen LogP contribution in [0.1, 0.15) is 43.0 Å². The predicted octanol–water partition coefficient (Wildman–Crippen LogP) is 2.98. The van der Waals surface area contributed by atoms with Crippen LogP contribution in [0.15, 0.2) is 18.2 Å². The molecule has 0 radical (unpaired) electrons. The molecule has 4 heteroatoms. The lowest BCUT2D eigenvalue weighted by molar-refractivity contribution is 0.0908. The summed E-state index contributed by atoms with van der Waals surface area (Å²) in [6, 6.07) is 4.97. The molecule has 1 fully saturated rings. The Hall–Kier alpha value is -1.22. The highest BCUT2D eigenvalue weighted by molar-refractivity contribution is 6.34. The first-order valence-corrected chi connectivity index (χ1v) is 6.25. The number of nitrogen functional groups attached to an aromatic ring is 1. The summed E-state index contributed by atoms with van der Waals surface area (Å²) in [4.78, 5) is 12.1. The fraction of sp³-hybridized carbons (Fsp3) is 0.462. The van der Waals surface area contributed by atoms with Crippen molar-refractivity contribution in [1.29, 1.82) is 0 Å². The third kappa shape index (κ3) is 2.72. The Morgan fingerprint density at radius 2 is 2.06 bits per heavy atom. The number of rotatable bonds is 2. The van der Waals surface area contributed by atoms with E-state index in [2.05, 4.69) is 12.2 Å². The Bertz CT molecular complexity index is 439. The van der Waals surface area contributed by atoms with Crippen molar-refractivity contribution in [3.8, 4) is 0 Å². The van der Waals surface area contributed by atoms with Crippen LogP contribution in [-0.4, -0.2) is 11.4 Å². The Morgan fingerprint density at radius 3 is 2.71 bits per heavy atom. The summed E-state index contributed by atoms with van der Waals surface area (Å²) < 4.78 is 0. The van der Waals surface area contributed by atoms with E-state index in [0.717, 1.165) is 12.8 Å². The van der Waals surface area contributed by atoms with Crippen LogP contribution in [0.3, 0.4) is 0 Å². The van der Waals surface area contributed by atoms with Crippen molar-refractivity contribution in [2.75, 3.05) is 5.73 Å². The lowest BCUT2D eigenvalue weighted by Crippen LogP contribution is -2.43. The number of halogens is 1. The van der Waals surface area contributed by atoms with Crippen LogP contribution in [0, 0.1) is 0 Å². The van der Waals surface area contributed by atoms with Crippen molar-refractivity contribution in [3.63, 3.8) is 0 Å². The molecule has 0 unspecified atom stereocenters. The van der Waals surface area contributed by atoms with Crippen LogP contribution in [0.5, 0.6) is 0 Å². The molecule has 1 saturated carbocycles. The largest absolute Gasteiger partial charge is 0.399 e. The van der Waals surface area contributed by atoms with E-state index in [4.69, 9.17) is 17.3 Å². The molecule has 0 atom stereocenters. The van der Waals surface area contributed by atoms with Gasteiger partial charge >= 0.3 is 0 Å². The number of hydrogen-bond donors (Lipinski definition) is 2. The minimum Gasteiger partial charge on any atom is -0.399 e. The zero-order chi connectivity index (χ0) is 12.5. The number of anilines is 1. The fourth-order valence-electron chi connectivity index (χ4n) is 2.34. The molecule has 0 saturated heterocycles. The molecule has 0 aromatic heterocycles. The average molecular weight is 253 g/mol. The van der Waals surface area contributed by atoms with E-state index in [1.807, 2.05) is 0 Å². The van der Waals surface area contributed by atoms with Gasteiger partial charge in [-0.05, 0) is 38.0 Å². The second kappa shape index (κ2) is 4.57. The monoisotopic (exact) mass is 252 g/mol. The van der Waals surface area contributed by atoms with Crippen molar-refractivity contribution < 1.29 is 4.79 Å². The maximum atomic E-state index is 12.1. The minimum atomic E-state index is -0.133. The van der Waals surface area contributed by atoms with E-state index < -0.39 is 0 Å². The van der Waals surface area contributed by atoms with Gasteiger partial charge in [0.25, 0.3) is 5.91 Å². The molecule has 2 rings (SSSR count). The van der Waals surface area contributed by atoms with Gasteiger partial charge in [-0.25, -0.2) is 0 Å². The highest BCUT2D eigenvalue weighted by atomic mass is 35.5. The predicted molar refractivity (Wildman–Crippen MR) is 70.2 cm³/mol. The number of amides is 1. The van der Waals surface area contributed by atoms with Crippen LogP contribution in [0.25, 0.3) is 0 Å². The summed E-state index contributed by atoms with van der Waals surface area (Å²) in [5, 5.41) is 3.50. The van der Waals surface area contributed by atoms with Crippen LogP contribution in [0.2, 0.25) is 5.02 Å². The first-order chi connectivity index (χ1) is 8.00. The van der Waals surface area contributed by atoms with Gasteiger partial charge in [0.05, 0.1) is 10.6 Å². The van der Waals surface area contributed by atoms with E-state index in [1.165, 1.54) is 12.8 Å². The fourth-order valence-corrected chi connectivity index (χ4v) is 2.54. The second-order valence-corrected chi connectivity index (χ2v) is 5.37. The highest BCUT2D eigenvalue weighted by Crippen LogP contribution is 2.30. The molecular weight excluding hydrogens is 236 g/mol. The number of carbonyl (C=O) groups excluding carboxylic acids is 1. The Balaban J connectivity index is 2.17. The van der Waals surface area contributed by atoms with Crippen molar-refractivity contribution in [2.45, 2.75) is 38.1 Å². The van der Waals surface area contributed by atoms with Crippen LogP contribution < -0.4 is 11.1 Å². The van der Waals surface area contributed by atoms with Crippen LogP contribution in [-0.2, 0) is 0 Å². The molecule has 0 spiro atoms. The standard InChI is InChI=1S/C13H17ClN2O/c1-13(6-2-3-7-13)16-12(17)10-8-9(15)4-5-11(10)14/h4-5,8H,2-3,6-7,15H2,1H3,(H,16,17). The lowest BCUT2D eigenvalue weighted by atomic mass is 10.00. The molecule has 1 aliphatic carbocycles. The first kappa shape index (κ1) is 12.2. The quantitative estimate of drug-likeness (QED) is 0.795. The third-order valence-corrected chi connectivity index (χ3v) is 3.69. The smallest absolute Gasteiger partial charge is 0.253 e. The molecular formula is C13H17ClN2O. The second-order valence-electron chi connectivity index (χ2n) is 4.96. The maximum absolute atomic E-state index is 12.1. The summed E-state index contributed by atoms with van der Waals surface area (Å²) in [5.74, 6) is -0.133.